The summed E-state index contributed by atoms with van der Waals surface area (Å²) in [7, 11) is 3.08. The number of fused-ring (bicyclic) bond motifs is 1. The Hall–Kier alpha value is -3.32. The van der Waals surface area contributed by atoms with Crippen molar-refractivity contribution in [2.75, 3.05) is 40.4 Å². The number of hydrogen-bond donors (Lipinski definition) is 0. The summed E-state index contributed by atoms with van der Waals surface area (Å²) in [5.41, 5.74) is 0.792. The van der Waals surface area contributed by atoms with Crippen LogP contribution in [0, 0.1) is 0 Å². The van der Waals surface area contributed by atoms with E-state index in [1.54, 1.807) is 48.3 Å². The fourth-order valence-electron chi connectivity index (χ4n) is 3.65. The van der Waals surface area contributed by atoms with Gasteiger partial charge in [-0.25, -0.2) is 4.98 Å². The number of halogens is 1. The fourth-order valence-corrected chi connectivity index (χ4v) is 3.92. The van der Waals surface area contributed by atoms with Gasteiger partial charge in [-0.1, -0.05) is 35.9 Å². The lowest BCUT2D eigenvalue weighted by Gasteiger charge is -2.34. The van der Waals surface area contributed by atoms with Crippen molar-refractivity contribution in [3.63, 3.8) is 0 Å². The SMILES string of the molecule is COc1cc(OC)cc(C(=O)N2CCN(C(=O)c3cc4ccccc4c(Cl)n3)CC2)c1. The van der Waals surface area contributed by atoms with Crippen LogP contribution in [0.15, 0.2) is 48.5 Å². The molecule has 0 aliphatic carbocycles. The molecule has 0 saturated carbocycles. The van der Waals surface area contributed by atoms with E-state index >= 15 is 0 Å². The number of hydrogen-bond acceptors (Lipinski definition) is 5. The first kappa shape index (κ1) is 20.9. The van der Waals surface area contributed by atoms with Crippen molar-refractivity contribution in [3.05, 3.63) is 64.9 Å². The molecular weight excluding hydrogens is 418 g/mol. The maximum absolute atomic E-state index is 13.0. The third-order valence-electron chi connectivity index (χ3n) is 5.37. The topological polar surface area (TPSA) is 72.0 Å². The van der Waals surface area contributed by atoms with Crippen LogP contribution in [0.5, 0.6) is 11.5 Å². The lowest BCUT2D eigenvalue weighted by Crippen LogP contribution is -2.50. The highest BCUT2D eigenvalue weighted by Gasteiger charge is 2.27. The van der Waals surface area contributed by atoms with Gasteiger partial charge >= 0.3 is 0 Å². The molecule has 160 valence electrons. The Bertz CT molecular complexity index is 1120. The van der Waals surface area contributed by atoms with Crippen molar-refractivity contribution < 1.29 is 19.1 Å². The maximum atomic E-state index is 13.0. The minimum absolute atomic E-state index is 0.129. The van der Waals surface area contributed by atoms with Crippen molar-refractivity contribution in [3.8, 4) is 11.5 Å². The summed E-state index contributed by atoms with van der Waals surface area (Å²) < 4.78 is 10.5. The standard InChI is InChI=1S/C23H22ClN3O4/c1-30-17-11-16(12-18(14-17)31-2)22(28)26-7-9-27(10-8-26)23(29)20-13-15-5-3-4-6-19(15)21(24)25-20/h3-6,11-14H,7-10H2,1-2H3. The molecule has 7 nitrogen and oxygen atoms in total. The van der Waals surface area contributed by atoms with E-state index in [0.29, 0.717) is 54.1 Å². The highest BCUT2D eigenvalue weighted by molar-refractivity contribution is 6.34. The molecule has 2 amide bonds. The van der Waals surface area contributed by atoms with Crippen molar-refractivity contribution in [2.45, 2.75) is 0 Å². The van der Waals surface area contributed by atoms with E-state index in [0.717, 1.165) is 10.8 Å². The Balaban J connectivity index is 1.46. The number of pyridine rings is 1. The monoisotopic (exact) mass is 439 g/mol. The van der Waals surface area contributed by atoms with Crippen LogP contribution >= 0.6 is 11.6 Å². The third kappa shape index (κ3) is 4.27. The molecule has 8 heteroatoms. The van der Waals surface area contributed by atoms with Gasteiger partial charge in [-0.05, 0) is 23.6 Å². The first-order valence-electron chi connectivity index (χ1n) is 9.87. The zero-order chi connectivity index (χ0) is 22.0. The molecule has 0 atom stereocenters. The van der Waals surface area contributed by atoms with Crippen LogP contribution in [-0.2, 0) is 0 Å². The Morgan fingerprint density at radius 2 is 1.45 bits per heavy atom. The molecule has 0 radical (unpaired) electrons. The first-order chi connectivity index (χ1) is 15.0. The van der Waals surface area contributed by atoms with E-state index in [1.807, 2.05) is 24.3 Å². The lowest BCUT2D eigenvalue weighted by atomic mass is 10.1. The average molecular weight is 440 g/mol. The second-order valence-corrected chi connectivity index (χ2v) is 7.56. The largest absolute Gasteiger partial charge is 0.497 e. The van der Waals surface area contributed by atoms with Crippen LogP contribution in [0.1, 0.15) is 20.8 Å². The predicted molar refractivity (Wildman–Crippen MR) is 118 cm³/mol. The van der Waals surface area contributed by atoms with Gasteiger partial charge in [0.2, 0.25) is 0 Å². The van der Waals surface area contributed by atoms with Gasteiger partial charge in [-0.2, -0.15) is 0 Å². The highest BCUT2D eigenvalue weighted by Crippen LogP contribution is 2.25. The molecule has 1 aromatic heterocycles. The molecule has 1 saturated heterocycles. The molecule has 1 aliphatic rings. The first-order valence-corrected chi connectivity index (χ1v) is 10.2. The molecule has 31 heavy (non-hydrogen) atoms. The summed E-state index contributed by atoms with van der Waals surface area (Å²) in [4.78, 5) is 33.6. The minimum Gasteiger partial charge on any atom is -0.497 e. The second kappa shape index (κ2) is 8.81. The molecule has 1 fully saturated rings. The molecule has 2 aromatic carbocycles. The number of amides is 2. The Kier molecular flexibility index (Phi) is 5.95. The number of rotatable bonds is 4. The van der Waals surface area contributed by atoms with Gasteiger partial charge in [-0.3, -0.25) is 9.59 Å². The van der Waals surface area contributed by atoms with Gasteiger partial charge in [0, 0.05) is 43.2 Å². The summed E-state index contributed by atoms with van der Waals surface area (Å²) in [6, 6.07) is 14.4. The number of aromatic nitrogens is 1. The van der Waals surface area contributed by atoms with E-state index in [9.17, 15) is 9.59 Å². The smallest absolute Gasteiger partial charge is 0.272 e. The number of carbonyl (C=O) groups is 2. The average Bonchev–Trinajstić information content (AvgIpc) is 2.82. The third-order valence-corrected chi connectivity index (χ3v) is 5.65. The van der Waals surface area contributed by atoms with Gasteiger partial charge in [0.1, 0.15) is 22.3 Å². The number of nitrogens with zero attached hydrogens (tertiary/aromatic N) is 3. The zero-order valence-electron chi connectivity index (χ0n) is 17.3. The molecule has 3 aromatic rings. The summed E-state index contributed by atoms with van der Waals surface area (Å²) in [5.74, 6) is 0.783. The summed E-state index contributed by atoms with van der Waals surface area (Å²) >= 11 is 6.27. The number of benzene rings is 2. The van der Waals surface area contributed by atoms with Crippen LogP contribution in [0.3, 0.4) is 0 Å². The minimum atomic E-state index is -0.192. The molecule has 0 unspecified atom stereocenters. The van der Waals surface area contributed by atoms with E-state index in [4.69, 9.17) is 21.1 Å². The van der Waals surface area contributed by atoms with Crippen LogP contribution in [0.2, 0.25) is 5.15 Å². The van der Waals surface area contributed by atoms with Crippen molar-refractivity contribution in [2.24, 2.45) is 0 Å². The van der Waals surface area contributed by atoms with E-state index in [1.165, 1.54) is 0 Å². The number of carbonyl (C=O) groups excluding carboxylic acids is 2. The van der Waals surface area contributed by atoms with Gasteiger partial charge in [0.05, 0.1) is 14.2 Å². The lowest BCUT2D eigenvalue weighted by molar-refractivity contribution is 0.0532. The normalized spacial score (nSPS) is 13.9. The molecule has 0 N–H and O–H groups in total. The zero-order valence-corrected chi connectivity index (χ0v) is 18.1. The summed E-state index contributed by atoms with van der Waals surface area (Å²) in [6.07, 6.45) is 0. The Morgan fingerprint density at radius 1 is 0.871 bits per heavy atom. The number of piperazine rings is 1. The maximum Gasteiger partial charge on any atom is 0.272 e. The van der Waals surface area contributed by atoms with Gasteiger partial charge in [-0.15, -0.1) is 0 Å². The van der Waals surface area contributed by atoms with Crippen LogP contribution in [0.4, 0.5) is 0 Å². The van der Waals surface area contributed by atoms with E-state index < -0.39 is 0 Å². The molecule has 2 heterocycles. The van der Waals surface area contributed by atoms with E-state index in [-0.39, 0.29) is 11.8 Å². The van der Waals surface area contributed by atoms with Gasteiger partial charge in [0.25, 0.3) is 11.8 Å². The fraction of sp³-hybridized carbons (Fsp3) is 0.261. The number of methoxy groups -OCH3 is 2. The van der Waals surface area contributed by atoms with E-state index in [2.05, 4.69) is 4.98 Å². The quantitative estimate of drug-likeness (QED) is 0.582. The number of ether oxygens (including phenoxy) is 2. The summed E-state index contributed by atoms with van der Waals surface area (Å²) in [6.45, 7) is 1.67. The van der Waals surface area contributed by atoms with Crippen LogP contribution in [-0.4, -0.2) is 67.0 Å². The Labute approximate surface area is 185 Å². The Morgan fingerprint density at radius 3 is 2.06 bits per heavy atom. The molecule has 0 spiro atoms. The van der Waals surface area contributed by atoms with Crippen molar-refractivity contribution >= 4 is 34.2 Å². The highest BCUT2D eigenvalue weighted by atomic mass is 35.5. The van der Waals surface area contributed by atoms with Crippen molar-refractivity contribution in [1.29, 1.82) is 0 Å². The molecular formula is C23H22ClN3O4. The molecule has 0 bridgehead atoms. The second-order valence-electron chi connectivity index (χ2n) is 7.21. The predicted octanol–water partition coefficient (Wildman–Crippen LogP) is 3.50. The van der Waals surface area contributed by atoms with Crippen molar-refractivity contribution in [1.82, 2.24) is 14.8 Å². The van der Waals surface area contributed by atoms with Crippen LogP contribution in [0.25, 0.3) is 10.8 Å². The van der Waals surface area contributed by atoms with Crippen LogP contribution < -0.4 is 9.47 Å². The van der Waals surface area contributed by atoms with Gasteiger partial charge < -0.3 is 19.3 Å². The molecule has 1 aliphatic heterocycles. The summed E-state index contributed by atoms with van der Waals surface area (Å²) in [5, 5.41) is 1.98. The van der Waals surface area contributed by atoms with Gasteiger partial charge in [0.15, 0.2) is 0 Å². The molecule has 4 rings (SSSR count).